The van der Waals surface area contributed by atoms with Crippen LogP contribution in [0.5, 0.6) is 0 Å². The maximum Gasteiger partial charge on any atom is 0.220 e. The van der Waals surface area contributed by atoms with Gasteiger partial charge in [0.25, 0.3) is 0 Å². The third-order valence-electron chi connectivity index (χ3n) is 3.95. The summed E-state index contributed by atoms with van der Waals surface area (Å²) in [5, 5.41) is 0. The van der Waals surface area contributed by atoms with Gasteiger partial charge in [0.05, 0.1) is 0 Å². The Labute approximate surface area is 120 Å². The molecule has 1 amide bonds. The highest BCUT2D eigenvalue weighted by Crippen LogP contribution is 2.17. The Morgan fingerprint density at radius 1 is 0.737 bits per heavy atom. The maximum atomic E-state index is 11.2. The molecule has 0 rings (SSSR count). The molecule has 0 fully saturated rings. The van der Waals surface area contributed by atoms with Crippen molar-refractivity contribution in [3.8, 4) is 0 Å². The highest BCUT2D eigenvalue weighted by Gasteiger charge is 2.12. The number of unbranched alkanes of at least 4 members (excludes halogenated alkanes) is 9. The van der Waals surface area contributed by atoms with Crippen LogP contribution >= 0.6 is 0 Å². The van der Waals surface area contributed by atoms with Crippen LogP contribution in [0.25, 0.3) is 0 Å². The average Bonchev–Trinajstić information content (AvgIpc) is 2.39. The van der Waals surface area contributed by atoms with Crippen LogP contribution in [-0.4, -0.2) is 5.91 Å². The molecule has 0 aromatic carbocycles. The molecule has 0 saturated heterocycles. The van der Waals surface area contributed by atoms with Crippen molar-refractivity contribution in [1.29, 1.82) is 0 Å². The third-order valence-corrected chi connectivity index (χ3v) is 3.95. The molecule has 0 saturated carbocycles. The number of hydrogen-bond acceptors (Lipinski definition) is 1. The predicted molar refractivity (Wildman–Crippen MR) is 84.1 cm³/mol. The van der Waals surface area contributed by atoms with Gasteiger partial charge in [-0.15, -0.1) is 0 Å². The molecule has 0 radical (unpaired) electrons. The van der Waals surface area contributed by atoms with E-state index in [1.165, 1.54) is 64.2 Å². The van der Waals surface area contributed by atoms with Gasteiger partial charge in [-0.2, -0.15) is 0 Å². The summed E-state index contributed by atoms with van der Waals surface area (Å²) in [6.07, 6.45) is 16.5. The minimum Gasteiger partial charge on any atom is -0.369 e. The van der Waals surface area contributed by atoms with Crippen molar-refractivity contribution in [2.75, 3.05) is 0 Å². The molecular formula is C17H35NO. The Morgan fingerprint density at radius 2 is 1.21 bits per heavy atom. The highest BCUT2D eigenvalue weighted by molar-refractivity contribution is 5.76. The molecule has 0 aromatic heterocycles. The zero-order valence-corrected chi connectivity index (χ0v) is 13.3. The minimum absolute atomic E-state index is 0.0993. The van der Waals surface area contributed by atoms with E-state index in [1.54, 1.807) is 0 Å². The standard InChI is InChI=1S/C17H35NO/c1-3-5-6-7-8-9-10-11-12-13-15-16(14-4-2)17(18)19/h16H,3-15H2,1-2H3,(H2,18,19). The van der Waals surface area contributed by atoms with Crippen molar-refractivity contribution in [1.82, 2.24) is 0 Å². The van der Waals surface area contributed by atoms with Crippen LogP contribution in [0, 0.1) is 5.92 Å². The lowest BCUT2D eigenvalue weighted by Crippen LogP contribution is -2.23. The fourth-order valence-corrected chi connectivity index (χ4v) is 2.66. The summed E-state index contributed by atoms with van der Waals surface area (Å²) in [5.74, 6) is 0.0248. The zero-order valence-electron chi connectivity index (χ0n) is 13.3. The fourth-order valence-electron chi connectivity index (χ4n) is 2.66. The molecule has 114 valence electrons. The van der Waals surface area contributed by atoms with Gasteiger partial charge in [0.15, 0.2) is 0 Å². The summed E-state index contributed by atoms with van der Waals surface area (Å²) >= 11 is 0. The van der Waals surface area contributed by atoms with E-state index in [1.807, 2.05) is 0 Å². The molecule has 0 aliphatic rings. The van der Waals surface area contributed by atoms with Crippen LogP contribution in [-0.2, 0) is 4.79 Å². The Balaban J connectivity index is 3.27. The number of carbonyl (C=O) groups excluding carboxylic acids is 1. The number of hydrogen-bond donors (Lipinski definition) is 1. The molecule has 2 nitrogen and oxygen atoms in total. The first-order valence-electron chi connectivity index (χ1n) is 8.51. The van der Waals surface area contributed by atoms with Gasteiger partial charge in [-0.1, -0.05) is 84.5 Å². The van der Waals surface area contributed by atoms with Crippen LogP contribution in [0.1, 0.15) is 97.3 Å². The van der Waals surface area contributed by atoms with Gasteiger partial charge in [-0.25, -0.2) is 0 Å². The smallest absolute Gasteiger partial charge is 0.220 e. The van der Waals surface area contributed by atoms with Gasteiger partial charge in [0, 0.05) is 5.92 Å². The van der Waals surface area contributed by atoms with Gasteiger partial charge in [-0.3, -0.25) is 4.79 Å². The SMILES string of the molecule is CCCCCCCCCCCCC(CCC)C(N)=O. The highest BCUT2D eigenvalue weighted by atomic mass is 16.1. The van der Waals surface area contributed by atoms with Crippen molar-refractivity contribution in [2.45, 2.75) is 97.3 Å². The second-order valence-corrected chi connectivity index (χ2v) is 5.86. The first kappa shape index (κ1) is 18.5. The van der Waals surface area contributed by atoms with Gasteiger partial charge < -0.3 is 5.73 Å². The number of primary amides is 1. The summed E-state index contributed by atoms with van der Waals surface area (Å²) < 4.78 is 0. The Bertz CT molecular complexity index is 203. The van der Waals surface area contributed by atoms with E-state index in [4.69, 9.17) is 5.73 Å². The first-order chi connectivity index (χ1) is 9.22. The van der Waals surface area contributed by atoms with E-state index in [0.29, 0.717) is 0 Å². The molecule has 0 spiro atoms. The molecule has 1 unspecified atom stereocenters. The number of carbonyl (C=O) groups is 1. The van der Waals surface area contributed by atoms with Crippen LogP contribution in [0.3, 0.4) is 0 Å². The first-order valence-corrected chi connectivity index (χ1v) is 8.51. The molecule has 0 heterocycles. The molecule has 1 atom stereocenters. The second-order valence-electron chi connectivity index (χ2n) is 5.86. The summed E-state index contributed by atoms with van der Waals surface area (Å²) in [6, 6.07) is 0. The van der Waals surface area contributed by atoms with Crippen molar-refractivity contribution in [2.24, 2.45) is 11.7 Å². The van der Waals surface area contributed by atoms with E-state index in [-0.39, 0.29) is 11.8 Å². The van der Waals surface area contributed by atoms with Crippen molar-refractivity contribution < 1.29 is 4.79 Å². The topological polar surface area (TPSA) is 43.1 Å². The quantitative estimate of drug-likeness (QED) is 0.433. The third kappa shape index (κ3) is 12.3. The van der Waals surface area contributed by atoms with Gasteiger partial charge >= 0.3 is 0 Å². The van der Waals surface area contributed by atoms with Crippen molar-refractivity contribution in [3.05, 3.63) is 0 Å². The van der Waals surface area contributed by atoms with E-state index in [0.717, 1.165) is 19.3 Å². The monoisotopic (exact) mass is 269 g/mol. The Kier molecular flexibility index (Phi) is 13.5. The van der Waals surface area contributed by atoms with Gasteiger partial charge in [0.1, 0.15) is 0 Å². The molecular weight excluding hydrogens is 234 g/mol. The molecule has 19 heavy (non-hydrogen) atoms. The van der Waals surface area contributed by atoms with E-state index in [9.17, 15) is 4.79 Å². The molecule has 2 N–H and O–H groups in total. The number of nitrogens with two attached hydrogens (primary N) is 1. The summed E-state index contributed by atoms with van der Waals surface area (Å²) in [4.78, 5) is 11.2. The summed E-state index contributed by atoms with van der Waals surface area (Å²) in [5.41, 5.74) is 5.40. The van der Waals surface area contributed by atoms with Gasteiger partial charge in [-0.05, 0) is 12.8 Å². The summed E-state index contributed by atoms with van der Waals surface area (Å²) in [6.45, 7) is 4.38. The van der Waals surface area contributed by atoms with Crippen molar-refractivity contribution in [3.63, 3.8) is 0 Å². The molecule has 0 aromatic rings. The molecule has 0 aliphatic heterocycles. The number of amides is 1. The minimum atomic E-state index is -0.0993. The van der Waals surface area contributed by atoms with Crippen LogP contribution in [0.15, 0.2) is 0 Å². The van der Waals surface area contributed by atoms with Crippen molar-refractivity contribution >= 4 is 5.91 Å². The largest absolute Gasteiger partial charge is 0.369 e. The normalized spacial score (nSPS) is 12.5. The lowest BCUT2D eigenvalue weighted by atomic mass is 9.95. The fraction of sp³-hybridized carbons (Fsp3) is 0.941. The van der Waals surface area contributed by atoms with Crippen LogP contribution in [0.2, 0.25) is 0 Å². The predicted octanol–water partition coefficient (Wildman–Crippen LogP) is 5.20. The Hall–Kier alpha value is -0.530. The summed E-state index contributed by atoms with van der Waals surface area (Å²) in [7, 11) is 0. The number of rotatable bonds is 14. The van der Waals surface area contributed by atoms with E-state index in [2.05, 4.69) is 13.8 Å². The second kappa shape index (κ2) is 13.9. The van der Waals surface area contributed by atoms with Gasteiger partial charge in [0.2, 0.25) is 5.91 Å². The zero-order chi connectivity index (χ0) is 14.3. The van der Waals surface area contributed by atoms with Crippen LogP contribution < -0.4 is 5.73 Å². The lowest BCUT2D eigenvalue weighted by molar-refractivity contribution is -0.122. The molecule has 0 aliphatic carbocycles. The Morgan fingerprint density at radius 3 is 1.63 bits per heavy atom. The van der Waals surface area contributed by atoms with Crippen LogP contribution in [0.4, 0.5) is 0 Å². The molecule has 0 bridgehead atoms. The lowest BCUT2D eigenvalue weighted by Gasteiger charge is -2.11. The van der Waals surface area contributed by atoms with E-state index >= 15 is 0 Å². The maximum absolute atomic E-state index is 11.2. The molecule has 2 heteroatoms. The van der Waals surface area contributed by atoms with E-state index < -0.39 is 0 Å². The average molecular weight is 269 g/mol.